The number of nitrogens with zero attached hydrogens (tertiary/aromatic N) is 2. The quantitative estimate of drug-likeness (QED) is 0.774. The lowest BCUT2D eigenvalue weighted by atomic mass is 10.0. The summed E-state index contributed by atoms with van der Waals surface area (Å²) in [6.45, 7) is 7.53. The summed E-state index contributed by atoms with van der Waals surface area (Å²) in [7, 11) is 0. The predicted molar refractivity (Wildman–Crippen MR) is 84.8 cm³/mol. The molecule has 5 heteroatoms. The Bertz CT molecular complexity index is 357. The molecule has 3 fully saturated rings. The lowest BCUT2D eigenvalue weighted by molar-refractivity contribution is -0.146. The van der Waals surface area contributed by atoms with E-state index in [0.29, 0.717) is 12.6 Å². The Labute approximate surface area is 133 Å². The van der Waals surface area contributed by atoms with Crippen LogP contribution in [0.25, 0.3) is 0 Å². The van der Waals surface area contributed by atoms with Gasteiger partial charge >= 0.3 is 0 Å². The summed E-state index contributed by atoms with van der Waals surface area (Å²) in [5.74, 6) is 0.151. The van der Waals surface area contributed by atoms with Crippen LogP contribution in [-0.4, -0.2) is 73.3 Å². The van der Waals surface area contributed by atoms with Crippen LogP contribution < -0.4 is 0 Å². The second-order valence-corrected chi connectivity index (χ2v) is 6.91. The first-order valence-electron chi connectivity index (χ1n) is 9.00. The van der Waals surface area contributed by atoms with Crippen LogP contribution in [-0.2, 0) is 14.3 Å². The molecule has 3 aliphatic rings. The Morgan fingerprint density at radius 1 is 1.14 bits per heavy atom. The summed E-state index contributed by atoms with van der Waals surface area (Å²) in [5.41, 5.74) is 0. The van der Waals surface area contributed by atoms with E-state index in [1.165, 1.54) is 25.9 Å². The smallest absolute Gasteiger partial charge is 0.251 e. The second kappa shape index (κ2) is 7.75. The standard InChI is InChI=1S/C17H30N2O3/c1-14(22-13-16-5-4-12-21-16)17(20)19-10-6-15(7-11-19)18-8-2-3-9-18/h14-16H,2-13H2,1H3. The van der Waals surface area contributed by atoms with E-state index in [-0.39, 0.29) is 18.1 Å². The van der Waals surface area contributed by atoms with Crippen molar-refractivity contribution in [2.24, 2.45) is 0 Å². The zero-order chi connectivity index (χ0) is 15.4. The fraction of sp³-hybridized carbons (Fsp3) is 0.941. The molecule has 0 radical (unpaired) electrons. The summed E-state index contributed by atoms with van der Waals surface area (Å²) in [4.78, 5) is 17.1. The molecule has 1 amide bonds. The summed E-state index contributed by atoms with van der Waals surface area (Å²) in [6.07, 6.45) is 6.93. The van der Waals surface area contributed by atoms with E-state index < -0.39 is 0 Å². The predicted octanol–water partition coefficient (Wildman–Crippen LogP) is 1.66. The van der Waals surface area contributed by atoms with Crippen LogP contribution in [0.5, 0.6) is 0 Å². The molecule has 3 saturated heterocycles. The van der Waals surface area contributed by atoms with Crippen molar-refractivity contribution < 1.29 is 14.3 Å². The average molecular weight is 310 g/mol. The van der Waals surface area contributed by atoms with E-state index >= 15 is 0 Å². The molecule has 0 saturated carbocycles. The minimum absolute atomic E-state index is 0.151. The third-order valence-corrected chi connectivity index (χ3v) is 5.34. The van der Waals surface area contributed by atoms with Gasteiger partial charge in [-0.1, -0.05) is 0 Å². The third-order valence-electron chi connectivity index (χ3n) is 5.34. The summed E-state index contributed by atoms with van der Waals surface area (Å²) in [5, 5.41) is 0. The highest BCUT2D eigenvalue weighted by atomic mass is 16.5. The van der Waals surface area contributed by atoms with Gasteiger partial charge < -0.3 is 19.3 Å². The number of hydrogen-bond acceptors (Lipinski definition) is 4. The largest absolute Gasteiger partial charge is 0.376 e. The molecule has 0 spiro atoms. The first-order chi connectivity index (χ1) is 10.7. The monoisotopic (exact) mass is 310 g/mol. The van der Waals surface area contributed by atoms with Gasteiger partial charge in [0.05, 0.1) is 12.7 Å². The fourth-order valence-electron chi connectivity index (χ4n) is 3.91. The van der Waals surface area contributed by atoms with Gasteiger partial charge in [-0.25, -0.2) is 0 Å². The van der Waals surface area contributed by atoms with Crippen molar-refractivity contribution in [3.05, 3.63) is 0 Å². The van der Waals surface area contributed by atoms with Crippen molar-refractivity contribution in [1.29, 1.82) is 0 Å². The van der Waals surface area contributed by atoms with Gasteiger partial charge in [0.1, 0.15) is 6.10 Å². The van der Waals surface area contributed by atoms with E-state index in [9.17, 15) is 4.79 Å². The third kappa shape index (κ3) is 4.00. The highest BCUT2D eigenvalue weighted by molar-refractivity contribution is 5.80. The molecule has 0 aromatic rings. The van der Waals surface area contributed by atoms with E-state index in [1.807, 2.05) is 11.8 Å². The molecule has 3 rings (SSSR count). The van der Waals surface area contributed by atoms with E-state index in [2.05, 4.69) is 4.90 Å². The molecule has 126 valence electrons. The van der Waals surface area contributed by atoms with Gasteiger partial charge in [0.15, 0.2) is 0 Å². The fourth-order valence-corrected chi connectivity index (χ4v) is 3.91. The molecule has 3 heterocycles. The first kappa shape index (κ1) is 16.2. The molecule has 3 aliphatic heterocycles. The highest BCUT2D eigenvalue weighted by Gasteiger charge is 2.30. The van der Waals surface area contributed by atoms with Crippen LogP contribution in [0.2, 0.25) is 0 Å². The van der Waals surface area contributed by atoms with Crippen LogP contribution >= 0.6 is 0 Å². The van der Waals surface area contributed by atoms with Gasteiger partial charge in [0, 0.05) is 25.7 Å². The van der Waals surface area contributed by atoms with Crippen molar-refractivity contribution in [3.63, 3.8) is 0 Å². The first-order valence-corrected chi connectivity index (χ1v) is 9.00. The summed E-state index contributed by atoms with van der Waals surface area (Å²) >= 11 is 0. The molecule has 0 aromatic heterocycles. The molecular formula is C17H30N2O3. The second-order valence-electron chi connectivity index (χ2n) is 6.91. The number of carbonyl (C=O) groups is 1. The van der Waals surface area contributed by atoms with Crippen molar-refractivity contribution in [2.75, 3.05) is 39.4 Å². The van der Waals surface area contributed by atoms with Crippen molar-refractivity contribution in [3.8, 4) is 0 Å². The van der Waals surface area contributed by atoms with E-state index in [4.69, 9.17) is 9.47 Å². The topological polar surface area (TPSA) is 42.0 Å². The van der Waals surface area contributed by atoms with Gasteiger partial charge in [-0.05, 0) is 58.5 Å². The van der Waals surface area contributed by atoms with Gasteiger partial charge in [-0.15, -0.1) is 0 Å². The summed E-state index contributed by atoms with van der Waals surface area (Å²) < 4.78 is 11.3. The number of ether oxygens (including phenoxy) is 2. The minimum atomic E-state index is -0.340. The number of likely N-dealkylation sites (tertiary alicyclic amines) is 2. The van der Waals surface area contributed by atoms with Gasteiger partial charge in [0.25, 0.3) is 5.91 Å². The Hall–Kier alpha value is -0.650. The summed E-state index contributed by atoms with van der Waals surface area (Å²) in [6, 6.07) is 0.690. The maximum atomic E-state index is 12.5. The molecule has 2 atom stereocenters. The van der Waals surface area contributed by atoms with Gasteiger partial charge in [-0.2, -0.15) is 0 Å². The number of piperidine rings is 1. The van der Waals surface area contributed by atoms with Crippen LogP contribution in [0.4, 0.5) is 0 Å². The number of carbonyl (C=O) groups excluding carboxylic acids is 1. The van der Waals surface area contributed by atoms with Crippen molar-refractivity contribution in [1.82, 2.24) is 9.80 Å². The number of hydrogen-bond donors (Lipinski definition) is 0. The SMILES string of the molecule is CC(OCC1CCCO1)C(=O)N1CCC(N2CCCC2)CC1. The molecule has 2 unspecified atom stereocenters. The van der Waals surface area contributed by atoms with Crippen LogP contribution in [0.1, 0.15) is 45.4 Å². The maximum Gasteiger partial charge on any atom is 0.251 e. The number of amides is 1. The Kier molecular flexibility index (Phi) is 5.71. The molecule has 0 aliphatic carbocycles. The lowest BCUT2D eigenvalue weighted by Gasteiger charge is -2.37. The number of rotatable bonds is 5. The Balaban J connectivity index is 1.38. The maximum absolute atomic E-state index is 12.5. The lowest BCUT2D eigenvalue weighted by Crippen LogP contribution is -2.48. The van der Waals surface area contributed by atoms with Crippen LogP contribution in [0.3, 0.4) is 0 Å². The zero-order valence-corrected chi connectivity index (χ0v) is 13.8. The van der Waals surface area contributed by atoms with Crippen LogP contribution in [0, 0.1) is 0 Å². The van der Waals surface area contributed by atoms with E-state index in [1.54, 1.807) is 0 Å². The van der Waals surface area contributed by atoms with Gasteiger partial charge in [-0.3, -0.25) is 4.79 Å². The van der Waals surface area contributed by atoms with E-state index in [0.717, 1.165) is 45.4 Å². The minimum Gasteiger partial charge on any atom is -0.376 e. The molecule has 5 nitrogen and oxygen atoms in total. The average Bonchev–Trinajstić information content (AvgIpc) is 3.25. The zero-order valence-electron chi connectivity index (χ0n) is 13.8. The normalized spacial score (nSPS) is 29.1. The molecular weight excluding hydrogens is 280 g/mol. The highest BCUT2D eigenvalue weighted by Crippen LogP contribution is 2.22. The molecule has 0 bridgehead atoms. The van der Waals surface area contributed by atoms with Crippen molar-refractivity contribution in [2.45, 2.75) is 63.7 Å². The Morgan fingerprint density at radius 3 is 2.50 bits per heavy atom. The molecule has 0 N–H and O–H groups in total. The van der Waals surface area contributed by atoms with Crippen molar-refractivity contribution >= 4 is 5.91 Å². The molecule has 22 heavy (non-hydrogen) atoms. The van der Waals surface area contributed by atoms with Gasteiger partial charge in [0.2, 0.25) is 0 Å². The molecule has 0 aromatic carbocycles. The van der Waals surface area contributed by atoms with Crippen LogP contribution in [0.15, 0.2) is 0 Å². The Morgan fingerprint density at radius 2 is 1.86 bits per heavy atom.